The van der Waals surface area contributed by atoms with E-state index in [-0.39, 0.29) is 11.9 Å². The van der Waals surface area contributed by atoms with Gasteiger partial charge in [-0.2, -0.15) is 4.98 Å². The summed E-state index contributed by atoms with van der Waals surface area (Å²) in [6.07, 6.45) is 1.66. The van der Waals surface area contributed by atoms with Crippen LogP contribution in [0.1, 0.15) is 30.9 Å². The van der Waals surface area contributed by atoms with E-state index in [0.29, 0.717) is 25.0 Å². The number of rotatable bonds is 4. The van der Waals surface area contributed by atoms with Crippen LogP contribution in [-0.4, -0.2) is 29.8 Å². The Hall–Kier alpha value is -1.95. The highest BCUT2D eigenvalue weighted by molar-refractivity contribution is 5.31. The summed E-state index contributed by atoms with van der Waals surface area (Å²) in [6, 6.07) is 6.40. The van der Waals surface area contributed by atoms with Gasteiger partial charge in [-0.1, -0.05) is 19.1 Å². The first-order chi connectivity index (χ1) is 10.3. The van der Waals surface area contributed by atoms with Crippen molar-refractivity contribution in [2.75, 3.05) is 24.6 Å². The number of aryl methyl sites for hydroxylation is 1. The van der Waals surface area contributed by atoms with E-state index < -0.39 is 0 Å². The number of hydrogen-bond donors (Lipinski definition) is 0. The summed E-state index contributed by atoms with van der Waals surface area (Å²) < 4.78 is 24.0. The van der Waals surface area contributed by atoms with Crippen molar-refractivity contribution < 1.29 is 13.7 Å². The number of ether oxygens (including phenoxy) is 1. The summed E-state index contributed by atoms with van der Waals surface area (Å²) in [4.78, 5) is 6.44. The molecular formula is C15H18FN3O2. The smallest absolute Gasteiger partial charge is 0.266 e. The van der Waals surface area contributed by atoms with E-state index in [2.05, 4.69) is 17.1 Å². The topological polar surface area (TPSA) is 51.4 Å². The number of hydrogen-bond acceptors (Lipinski definition) is 5. The lowest BCUT2D eigenvalue weighted by Crippen LogP contribution is -2.39. The lowest BCUT2D eigenvalue weighted by atomic mass is 10.1. The van der Waals surface area contributed by atoms with Gasteiger partial charge in [-0.05, 0) is 29.3 Å². The van der Waals surface area contributed by atoms with Crippen molar-refractivity contribution >= 4 is 5.95 Å². The molecule has 0 N–H and O–H groups in total. The largest absolute Gasteiger partial charge is 0.370 e. The third-order valence-electron chi connectivity index (χ3n) is 3.51. The Morgan fingerprint density at radius 1 is 1.33 bits per heavy atom. The van der Waals surface area contributed by atoms with Gasteiger partial charge in [0, 0.05) is 13.0 Å². The summed E-state index contributed by atoms with van der Waals surface area (Å²) in [5.41, 5.74) is 0.957. The van der Waals surface area contributed by atoms with Gasteiger partial charge in [0.25, 0.3) is 5.95 Å². The molecule has 0 unspecified atom stereocenters. The van der Waals surface area contributed by atoms with E-state index in [1.807, 2.05) is 4.90 Å². The predicted octanol–water partition coefficient (Wildman–Crippen LogP) is 2.74. The van der Waals surface area contributed by atoms with Crippen LogP contribution in [0.3, 0.4) is 0 Å². The first kappa shape index (κ1) is 14.0. The first-order valence-corrected chi connectivity index (χ1v) is 7.21. The van der Waals surface area contributed by atoms with Gasteiger partial charge >= 0.3 is 0 Å². The summed E-state index contributed by atoms with van der Waals surface area (Å²) >= 11 is 0. The molecule has 0 saturated carbocycles. The maximum atomic E-state index is 13.0. The van der Waals surface area contributed by atoms with E-state index in [0.717, 1.165) is 24.9 Å². The molecule has 0 amide bonds. The highest BCUT2D eigenvalue weighted by atomic mass is 19.1. The summed E-state index contributed by atoms with van der Waals surface area (Å²) in [5.74, 6) is 1.03. The van der Waals surface area contributed by atoms with Gasteiger partial charge in [-0.25, -0.2) is 4.39 Å². The Labute approximate surface area is 122 Å². The van der Waals surface area contributed by atoms with Crippen LogP contribution in [-0.2, 0) is 11.2 Å². The molecule has 3 rings (SSSR count). The van der Waals surface area contributed by atoms with Crippen molar-refractivity contribution in [3.63, 3.8) is 0 Å². The van der Waals surface area contributed by atoms with Gasteiger partial charge < -0.3 is 14.2 Å². The minimum Gasteiger partial charge on any atom is -0.370 e. The molecule has 1 aliphatic rings. The lowest BCUT2D eigenvalue weighted by molar-refractivity contribution is 0.0390. The minimum absolute atomic E-state index is 0.104. The first-order valence-electron chi connectivity index (χ1n) is 7.21. The van der Waals surface area contributed by atoms with Gasteiger partial charge in [0.15, 0.2) is 0 Å². The fraction of sp³-hybridized carbons (Fsp3) is 0.467. The lowest BCUT2D eigenvalue weighted by Gasteiger charge is -2.32. The second-order valence-corrected chi connectivity index (χ2v) is 5.10. The monoisotopic (exact) mass is 291 g/mol. The number of halogens is 1. The van der Waals surface area contributed by atoms with Crippen LogP contribution in [0.4, 0.5) is 10.3 Å². The van der Waals surface area contributed by atoms with Crippen molar-refractivity contribution in [2.45, 2.75) is 25.9 Å². The fourth-order valence-electron chi connectivity index (χ4n) is 2.40. The van der Waals surface area contributed by atoms with Crippen molar-refractivity contribution in [1.82, 2.24) is 10.1 Å². The molecule has 1 aliphatic heterocycles. The maximum Gasteiger partial charge on any atom is 0.266 e. The molecule has 0 radical (unpaired) electrons. The van der Waals surface area contributed by atoms with Gasteiger partial charge in [0.1, 0.15) is 11.9 Å². The second-order valence-electron chi connectivity index (χ2n) is 5.10. The molecular weight excluding hydrogens is 273 g/mol. The number of nitrogens with zero attached hydrogens (tertiary/aromatic N) is 3. The Kier molecular flexibility index (Phi) is 4.15. The Bertz CT molecular complexity index is 585. The maximum absolute atomic E-state index is 13.0. The molecule has 6 heteroatoms. The summed E-state index contributed by atoms with van der Waals surface area (Å²) in [6.45, 7) is 4.02. The molecule has 1 aromatic heterocycles. The molecule has 0 aliphatic carbocycles. The van der Waals surface area contributed by atoms with Crippen molar-refractivity contribution in [1.29, 1.82) is 0 Å². The standard InChI is InChI=1S/C15H18FN3O2/c1-2-3-14-17-15(18-21-14)19-8-9-20-13(10-19)11-4-6-12(16)7-5-11/h4-7,13H,2-3,8-10H2,1H3/t13-/m1/s1. The van der Waals surface area contributed by atoms with E-state index in [9.17, 15) is 4.39 Å². The predicted molar refractivity (Wildman–Crippen MR) is 75.6 cm³/mol. The molecule has 2 heterocycles. The van der Waals surface area contributed by atoms with Crippen LogP contribution in [0.5, 0.6) is 0 Å². The van der Waals surface area contributed by atoms with Gasteiger partial charge in [-0.3, -0.25) is 0 Å². The Morgan fingerprint density at radius 2 is 2.14 bits per heavy atom. The van der Waals surface area contributed by atoms with Crippen LogP contribution >= 0.6 is 0 Å². The molecule has 2 aromatic rings. The fourth-order valence-corrected chi connectivity index (χ4v) is 2.40. The van der Waals surface area contributed by atoms with E-state index in [1.165, 1.54) is 12.1 Å². The SMILES string of the molecule is CCCc1nc(N2CCO[C@@H](c3ccc(F)cc3)C2)no1. The molecule has 1 aromatic carbocycles. The summed E-state index contributed by atoms with van der Waals surface area (Å²) in [7, 11) is 0. The van der Waals surface area contributed by atoms with Gasteiger partial charge in [0.2, 0.25) is 5.89 Å². The Balaban J connectivity index is 1.71. The van der Waals surface area contributed by atoms with Crippen LogP contribution in [0.2, 0.25) is 0 Å². The van der Waals surface area contributed by atoms with E-state index in [4.69, 9.17) is 9.26 Å². The third kappa shape index (κ3) is 3.21. The van der Waals surface area contributed by atoms with Crippen LogP contribution < -0.4 is 4.90 Å². The van der Waals surface area contributed by atoms with Crippen molar-refractivity contribution in [3.05, 3.63) is 41.5 Å². The zero-order valence-corrected chi connectivity index (χ0v) is 12.0. The third-order valence-corrected chi connectivity index (χ3v) is 3.51. The number of morpholine rings is 1. The average Bonchev–Trinajstić information content (AvgIpc) is 2.97. The average molecular weight is 291 g/mol. The molecule has 21 heavy (non-hydrogen) atoms. The summed E-state index contributed by atoms with van der Waals surface area (Å²) in [5, 5.41) is 4.02. The zero-order chi connectivity index (χ0) is 14.7. The quantitative estimate of drug-likeness (QED) is 0.867. The normalized spacial score (nSPS) is 19.0. The van der Waals surface area contributed by atoms with Crippen molar-refractivity contribution in [3.8, 4) is 0 Å². The van der Waals surface area contributed by atoms with Gasteiger partial charge in [0.05, 0.1) is 13.2 Å². The highest BCUT2D eigenvalue weighted by Gasteiger charge is 2.25. The van der Waals surface area contributed by atoms with Crippen LogP contribution in [0.25, 0.3) is 0 Å². The molecule has 0 bridgehead atoms. The molecule has 0 spiro atoms. The van der Waals surface area contributed by atoms with Crippen LogP contribution in [0.15, 0.2) is 28.8 Å². The van der Waals surface area contributed by atoms with E-state index >= 15 is 0 Å². The second kappa shape index (κ2) is 6.22. The van der Waals surface area contributed by atoms with Crippen molar-refractivity contribution in [2.24, 2.45) is 0 Å². The molecule has 1 atom stereocenters. The Morgan fingerprint density at radius 3 is 2.90 bits per heavy atom. The molecule has 1 saturated heterocycles. The number of anilines is 1. The van der Waals surface area contributed by atoms with Crippen LogP contribution in [0, 0.1) is 5.82 Å². The minimum atomic E-state index is -0.242. The number of benzene rings is 1. The highest BCUT2D eigenvalue weighted by Crippen LogP contribution is 2.24. The molecule has 1 fully saturated rings. The zero-order valence-electron chi connectivity index (χ0n) is 12.0. The van der Waals surface area contributed by atoms with E-state index in [1.54, 1.807) is 12.1 Å². The van der Waals surface area contributed by atoms with Gasteiger partial charge in [-0.15, -0.1) is 0 Å². The molecule has 112 valence electrons. The number of aromatic nitrogens is 2. The molecule has 5 nitrogen and oxygen atoms in total.